The highest BCUT2D eigenvalue weighted by molar-refractivity contribution is 7.86. The van der Waals surface area contributed by atoms with Gasteiger partial charge in [0.15, 0.2) is 0 Å². The Hall–Kier alpha value is -3.37. The van der Waals surface area contributed by atoms with Crippen LogP contribution in [0.15, 0.2) is 85.3 Å². The molecule has 0 aliphatic rings. The first-order valence-corrected chi connectivity index (χ1v) is 13.2. The van der Waals surface area contributed by atoms with Gasteiger partial charge in [-0.15, -0.1) is 0 Å². The predicted octanol–water partition coefficient (Wildman–Crippen LogP) is 5.53. The zero-order valence-electron chi connectivity index (χ0n) is 18.9. The van der Waals surface area contributed by atoms with Crippen molar-refractivity contribution >= 4 is 50.6 Å². The van der Waals surface area contributed by atoms with Crippen LogP contribution in [0.2, 0.25) is 10.0 Å². The first kappa shape index (κ1) is 25.7. The van der Waals surface area contributed by atoms with Gasteiger partial charge in [-0.25, -0.2) is 4.18 Å². The molecule has 4 rings (SSSR count). The summed E-state index contributed by atoms with van der Waals surface area (Å²) in [6, 6.07) is 18.9. The standard InChI is InChI=1S/C25H22Cl2N4O4S/c26-22-9-7-19(15-21(22)24-5-1-2-10-28-24)30-25(32)20-8-6-18(16-23(20)27)29-17-35-36(33,34)14-13-31-11-3-4-12-31/h1-12,15-16,29H,13-14,17H2,(H,30,32). The lowest BCUT2D eigenvalue weighted by atomic mass is 10.1. The summed E-state index contributed by atoms with van der Waals surface area (Å²) in [7, 11) is -3.72. The van der Waals surface area contributed by atoms with Crippen molar-refractivity contribution < 1.29 is 17.4 Å². The zero-order valence-corrected chi connectivity index (χ0v) is 21.2. The number of hydrogen-bond donors (Lipinski definition) is 2. The number of rotatable bonds is 10. The van der Waals surface area contributed by atoms with E-state index >= 15 is 0 Å². The fraction of sp³-hybridized carbons (Fsp3) is 0.120. The number of amides is 1. The van der Waals surface area contributed by atoms with E-state index in [4.69, 9.17) is 27.4 Å². The van der Waals surface area contributed by atoms with Gasteiger partial charge in [-0.05, 0) is 60.7 Å². The second-order valence-corrected chi connectivity index (χ2v) is 10.3. The van der Waals surface area contributed by atoms with E-state index in [0.29, 0.717) is 34.2 Å². The molecule has 36 heavy (non-hydrogen) atoms. The predicted molar refractivity (Wildman–Crippen MR) is 142 cm³/mol. The molecule has 0 aliphatic heterocycles. The molecule has 0 atom stereocenters. The molecule has 4 aromatic rings. The van der Waals surface area contributed by atoms with Crippen LogP contribution in [0.4, 0.5) is 11.4 Å². The summed E-state index contributed by atoms with van der Waals surface area (Å²) in [6.07, 6.45) is 5.22. The number of carbonyl (C=O) groups is 1. The number of pyridine rings is 1. The van der Waals surface area contributed by atoms with Gasteiger partial charge in [-0.2, -0.15) is 8.42 Å². The van der Waals surface area contributed by atoms with Gasteiger partial charge < -0.3 is 15.2 Å². The third-order valence-electron chi connectivity index (χ3n) is 5.16. The first-order valence-electron chi connectivity index (χ1n) is 10.8. The Morgan fingerprint density at radius 3 is 2.44 bits per heavy atom. The van der Waals surface area contributed by atoms with Crippen molar-refractivity contribution in [2.75, 3.05) is 23.1 Å². The molecular weight excluding hydrogens is 523 g/mol. The average molecular weight is 545 g/mol. The molecule has 1 amide bonds. The lowest BCUT2D eigenvalue weighted by molar-refractivity contribution is 0.102. The fourth-order valence-corrected chi connectivity index (χ4v) is 4.60. The second kappa shape index (κ2) is 11.6. The van der Waals surface area contributed by atoms with Crippen LogP contribution in [-0.2, 0) is 20.8 Å². The topological polar surface area (TPSA) is 102 Å². The molecule has 8 nitrogen and oxygen atoms in total. The molecule has 11 heteroatoms. The summed E-state index contributed by atoms with van der Waals surface area (Å²) >= 11 is 12.6. The second-order valence-electron chi connectivity index (χ2n) is 7.68. The Labute approximate surface area is 219 Å². The Bertz CT molecular complexity index is 1450. The minimum absolute atomic E-state index is 0.157. The van der Waals surface area contributed by atoms with E-state index in [1.54, 1.807) is 53.5 Å². The molecule has 186 valence electrons. The first-order chi connectivity index (χ1) is 17.3. The quantitative estimate of drug-likeness (QED) is 0.201. The van der Waals surface area contributed by atoms with E-state index in [-0.39, 0.29) is 23.1 Å². The minimum Gasteiger partial charge on any atom is -0.362 e. The number of hydrogen-bond acceptors (Lipinski definition) is 6. The van der Waals surface area contributed by atoms with Gasteiger partial charge >= 0.3 is 0 Å². The van der Waals surface area contributed by atoms with Gasteiger partial charge in [0.05, 0.1) is 27.1 Å². The van der Waals surface area contributed by atoms with Crippen LogP contribution in [0.25, 0.3) is 11.3 Å². The van der Waals surface area contributed by atoms with Crippen molar-refractivity contribution in [2.45, 2.75) is 6.54 Å². The molecule has 2 N–H and O–H groups in total. The number of halogens is 2. The Morgan fingerprint density at radius 1 is 0.944 bits per heavy atom. The molecule has 0 fully saturated rings. The number of aryl methyl sites for hydroxylation is 1. The van der Waals surface area contributed by atoms with E-state index in [2.05, 4.69) is 15.6 Å². The number of aromatic nitrogens is 2. The van der Waals surface area contributed by atoms with Gasteiger partial charge in [0, 0.05) is 42.1 Å². The highest BCUT2D eigenvalue weighted by Gasteiger charge is 2.14. The third-order valence-corrected chi connectivity index (χ3v) is 6.96. The lowest BCUT2D eigenvalue weighted by Crippen LogP contribution is -2.18. The zero-order chi connectivity index (χ0) is 25.5. The van der Waals surface area contributed by atoms with Crippen LogP contribution in [0.1, 0.15) is 10.4 Å². The van der Waals surface area contributed by atoms with E-state index in [1.165, 1.54) is 12.1 Å². The molecular formula is C25H22Cl2N4O4S. The number of carbonyl (C=O) groups excluding carboxylic acids is 1. The van der Waals surface area contributed by atoms with Gasteiger partial charge in [0.1, 0.15) is 6.73 Å². The molecule has 0 saturated heterocycles. The summed E-state index contributed by atoms with van der Waals surface area (Å²) in [6.45, 7) is 0.0267. The minimum atomic E-state index is -3.72. The summed E-state index contributed by atoms with van der Waals surface area (Å²) in [4.78, 5) is 17.1. The molecule has 2 aromatic heterocycles. The van der Waals surface area contributed by atoms with Crippen LogP contribution in [0.5, 0.6) is 0 Å². The highest BCUT2D eigenvalue weighted by Crippen LogP contribution is 2.30. The number of anilines is 2. The van der Waals surface area contributed by atoms with Gasteiger partial charge in [0.25, 0.3) is 16.0 Å². The van der Waals surface area contributed by atoms with Crippen LogP contribution >= 0.6 is 23.2 Å². The number of benzene rings is 2. The maximum absolute atomic E-state index is 12.8. The average Bonchev–Trinajstić information content (AvgIpc) is 3.38. The molecule has 0 saturated carbocycles. The van der Waals surface area contributed by atoms with Crippen molar-refractivity contribution in [3.8, 4) is 11.3 Å². The molecule has 0 spiro atoms. The monoisotopic (exact) mass is 544 g/mol. The molecule has 0 bridgehead atoms. The Morgan fingerprint density at radius 2 is 1.72 bits per heavy atom. The largest absolute Gasteiger partial charge is 0.362 e. The lowest BCUT2D eigenvalue weighted by Gasteiger charge is -2.12. The van der Waals surface area contributed by atoms with Crippen molar-refractivity contribution in [2.24, 2.45) is 0 Å². The van der Waals surface area contributed by atoms with Crippen molar-refractivity contribution in [1.82, 2.24) is 9.55 Å². The molecule has 2 heterocycles. The summed E-state index contributed by atoms with van der Waals surface area (Å²) in [5, 5.41) is 6.34. The molecule has 0 unspecified atom stereocenters. The Kier molecular flexibility index (Phi) is 8.27. The SMILES string of the molecule is O=C(Nc1ccc(Cl)c(-c2ccccn2)c1)c1ccc(NCOS(=O)(=O)CCn2cccc2)cc1Cl. The summed E-state index contributed by atoms with van der Waals surface area (Å²) < 4.78 is 30.9. The van der Waals surface area contributed by atoms with E-state index in [1.807, 2.05) is 24.3 Å². The van der Waals surface area contributed by atoms with Gasteiger partial charge in [-0.3, -0.25) is 9.78 Å². The van der Waals surface area contributed by atoms with Crippen molar-refractivity contribution in [3.05, 3.63) is 101 Å². The molecule has 0 aliphatic carbocycles. The van der Waals surface area contributed by atoms with E-state index < -0.39 is 16.0 Å². The van der Waals surface area contributed by atoms with Gasteiger partial charge in [-0.1, -0.05) is 29.3 Å². The van der Waals surface area contributed by atoms with Crippen molar-refractivity contribution in [3.63, 3.8) is 0 Å². The van der Waals surface area contributed by atoms with Crippen LogP contribution in [-0.4, -0.2) is 36.4 Å². The van der Waals surface area contributed by atoms with E-state index in [0.717, 1.165) is 0 Å². The van der Waals surface area contributed by atoms with Gasteiger partial charge in [0.2, 0.25) is 0 Å². The molecule has 0 radical (unpaired) electrons. The smallest absolute Gasteiger partial charge is 0.270 e. The van der Waals surface area contributed by atoms with Crippen LogP contribution in [0.3, 0.4) is 0 Å². The highest BCUT2D eigenvalue weighted by atomic mass is 35.5. The Balaban J connectivity index is 1.35. The van der Waals surface area contributed by atoms with Crippen LogP contribution in [0, 0.1) is 0 Å². The summed E-state index contributed by atoms with van der Waals surface area (Å²) in [5.74, 6) is -0.569. The van der Waals surface area contributed by atoms with Crippen molar-refractivity contribution in [1.29, 1.82) is 0 Å². The maximum Gasteiger partial charge on any atom is 0.270 e. The maximum atomic E-state index is 12.8. The molecule has 2 aromatic carbocycles. The fourth-order valence-electron chi connectivity index (χ4n) is 3.33. The van der Waals surface area contributed by atoms with Crippen LogP contribution < -0.4 is 10.6 Å². The van der Waals surface area contributed by atoms with E-state index in [9.17, 15) is 13.2 Å². The third kappa shape index (κ3) is 6.86. The number of nitrogens with zero attached hydrogens (tertiary/aromatic N) is 2. The normalized spacial score (nSPS) is 11.3. The number of nitrogens with one attached hydrogen (secondary N) is 2. The summed E-state index contributed by atoms with van der Waals surface area (Å²) in [5.41, 5.74) is 2.64.